The molecular formula is C21H25F3N2O3+2. The smallest absolute Gasteiger partial charge is 0.416 e. The second kappa shape index (κ2) is 8.12. The van der Waals surface area contributed by atoms with Crippen LogP contribution in [0.1, 0.15) is 16.7 Å². The molecule has 2 aliphatic rings. The van der Waals surface area contributed by atoms with Gasteiger partial charge in [-0.2, -0.15) is 13.2 Å². The number of piperazine rings is 1. The van der Waals surface area contributed by atoms with Crippen molar-refractivity contribution in [2.45, 2.75) is 19.3 Å². The second-order valence-electron chi connectivity index (χ2n) is 7.58. The van der Waals surface area contributed by atoms with Gasteiger partial charge in [0.05, 0.1) is 12.7 Å². The molecule has 1 fully saturated rings. The molecule has 2 aliphatic heterocycles. The summed E-state index contributed by atoms with van der Waals surface area (Å²) in [6, 6.07) is 9.54. The fourth-order valence-corrected chi connectivity index (χ4v) is 3.99. The minimum absolute atomic E-state index is 0.216. The van der Waals surface area contributed by atoms with Crippen molar-refractivity contribution in [3.8, 4) is 17.2 Å². The molecule has 0 atom stereocenters. The molecule has 2 aromatic rings. The van der Waals surface area contributed by atoms with E-state index in [9.17, 15) is 13.2 Å². The molecule has 2 heterocycles. The molecule has 0 radical (unpaired) electrons. The van der Waals surface area contributed by atoms with Crippen molar-refractivity contribution in [3.63, 3.8) is 0 Å². The summed E-state index contributed by atoms with van der Waals surface area (Å²) >= 11 is 0. The third-order valence-electron chi connectivity index (χ3n) is 5.57. The van der Waals surface area contributed by atoms with Crippen LogP contribution in [0, 0.1) is 0 Å². The van der Waals surface area contributed by atoms with Crippen LogP contribution in [0.4, 0.5) is 13.2 Å². The molecular weight excluding hydrogens is 385 g/mol. The van der Waals surface area contributed by atoms with Crippen molar-refractivity contribution in [1.29, 1.82) is 0 Å². The highest BCUT2D eigenvalue weighted by Gasteiger charge is 2.30. The minimum atomic E-state index is -4.28. The number of rotatable bonds is 5. The van der Waals surface area contributed by atoms with Gasteiger partial charge in [0, 0.05) is 11.1 Å². The molecule has 0 unspecified atom stereocenters. The van der Waals surface area contributed by atoms with E-state index in [1.165, 1.54) is 21.9 Å². The maximum absolute atomic E-state index is 12.7. The van der Waals surface area contributed by atoms with Crippen molar-refractivity contribution in [2.24, 2.45) is 0 Å². The van der Waals surface area contributed by atoms with Gasteiger partial charge in [-0.3, -0.25) is 0 Å². The van der Waals surface area contributed by atoms with Crippen molar-refractivity contribution in [3.05, 3.63) is 53.1 Å². The number of halogens is 3. The van der Waals surface area contributed by atoms with Crippen molar-refractivity contribution < 1.29 is 37.2 Å². The van der Waals surface area contributed by atoms with Gasteiger partial charge in [-0.1, -0.05) is 12.1 Å². The molecule has 156 valence electrons. The molecule has 2 N–H and O–H groups in total. The summed E-state index contributed by atoms with van der Waals surface area (Å²) in [6.07, 6.45) is -4.28. The highest BCUT2D eigenvalue weighted by atomic mass is 19.4. The number of nitrogens with one attached hydrogen (secondary N) is 2. The zero-order chi connectivity index (χ0) is 20.4. The van der Waals surface area contributed by atoms with Crippen LogP contribution < -0.4 is 24.0 Å². The van der Waals surface area contributed by atoms with Crippen LogP contribution >= 0.6 is 0 Å². The van der Waals surface area contributed by atoms with E-state index in [4.69, 9.17) is 14.2 Å². The fourth-order valence-electron chi connectivity index (χ4n) is 3.99. The average molecular weight is 410 g/mol. The van der Waals surface area contributed by atoms with Gasteiger partial charge in [-0.15, -0.1) is 0 Å². The largest absolute Gasteiger partial charge is 0.493 e. The van der Waals surface area contributed by atoms with Gasteiger partial charge in [0.1, 0.15) is 39.3 Å². The Morgan fingerprint density at radius 3 is 2.10 bits per heavy atom. The average Bonchev–Trinajstić information content (AvgIpc) is 3.17. The number of methoxy groups -OCH3 is 1. The highest BCUT2D eigenvalue weighted by Crippen LogP contribution is 2.41. The summed E-state index contributed by atoms with van der Waals surface area (Å²) in [7, 11) is 1.62. The van der Waals surface area contributed by atoms with Crippen LogP contribution in [-0.2, 0) is 19.3 Å². The van der Waals surface area contributed by atoms with Gasteiger partial charge in [0.25, 0.3) is 0 Å². The minimum Gasteiger partial charge on any atom is -0.493 e. The van der Waals surface area contributed by atoms with E-state index in [0.29, 0.717) is 11.5 Å². The fraction of sp³-hybridized carbons (Fsp3) is 0.429. The number of fused-ring (bicyclic) bond motifs is 1. The first kappa shape index (κ1) is 19.8. The Morgan fingerprint density at radius 2 is 1.52 bits per heavy atom. The first-order valence-electron chi connectivity index (χ1n) is 9.72. The third-order valence-corrected chi connectivity index (χ3v) is 5.57. The molecule has 29 heavy (non-hydrogen) atoms. The number of hydrogen-bond donors (Lipinski definition) is 2. The zero-order valence-electron chi connectivity index (χ0n) is 16.3. The molecule has 4 rings (SSSR count). The molecule has 1 saturated heterocycles. The van der Waals surface area contributed by atoms with E-state index < -0.39 is 11.7 Å². The maximum Gasteiger partial charge on any atom is 0.416 e. The van der Waals surface area contributed by atoms with Crippen LogP contribution in [0.25, 0.3) is 0 Å². The highest BCUT2D eigenvalue weighted by molar-refractivity contribution is 5.54. The topological polar surface area (TPSA) is 36.6 Å². The summed E-state index contributed by atoms with van der Waals surface area (Å²) in [4.78, 5) is 2.87. The van der Waals surface area contributed by atoms with Gasteiger partial charge in [0.2, 0.25) is 12.5 Å². The Bertz CT molecular complexity index is 847. The van der Waals surface area contributed by atoms with E-state index in [-0.39, 0.29) is 6.79 Å². The molecule has 0 aliphatic carbocycles. The van der Waals surface area contributed by atoms with E-state index >= 15 is 0 Å². The van der Waals surface area contributed by atoms with Gasteiger partial charge >= 0.3 is 6.18 Å². The zero-order valence-corrected chi connectivity index (χ0v) is 16.3. The standard InChI is InChI=1S/C21H23F3N2O3/c1-27-18-10-16(11-19-20(18)29-14-28-19)13-26-8-6-25(7-9-26)12-15-2-4-17(5-3-15)21(22,23)24/h2-5,10-11H,6-9,12-14H2,1H3/p+2. The van der Waals surface area contributed by atoms with Crippen molar-refractivity contribution in [2.75, 3.05) is 40.1 Å². The van der Waals surface area contributed by atoms with E-state index in [1.807, 2.05) is 12.1 Å². The van der Waals surface area contributed by atoms with Gasteiger partial charge in [0.15, 0.2) is 11.5 Å². The number of benzene rings is 2. The molecule has 5 nitrogen and oxygen atoms in total. The predicted octanol–water partition coefficient (Wildman–Crippen LogP) is 0.926. The monoisotopic (exact) mass is 410 g/mol. The Morgan fingerprint density at radius 1 is 0.897 bits per heavy atom. The molecule has 8 heteroatoms. The Hall–Kier alpha value is -2.45. The van der Waals surface area contributed by atoms with Crippen LogP contribution in [0.5, 0.6) is 17.2 Å². The van der Waals surface area contributed by atoms with Crippen LogP contribution in [0.3, 0.4) is 0 Å². The first-order valence-corrected chi connectivity index (χ1v) is 9.72. The molecule has 0 saturated carbocycles. The summed E-state index contributed by atoms with van der Waals surface area (Å²) < 4.78 is 54.4. The Balaban J connectivity index is 1.31. The lowest BCUT2D eigenvalue weighted by Gasteiger charge is -2.30. The van der Waals surface area contributed by atoms with Gasteiger partial charge in [-0.25, -0.2) is 0 Å². The summed E-state index contributed by atoms with van der Waals surface area (Å²) in [5.74, 6) is 2.09. The second-order valence-corrected chi connectivity index (χ2v) is 7.58. The summed E-state index contributed by atoms with van der Waals surface area (Å²) in [6.45, 7) is 5.83. The Labute approximate surface area is 167 Å². The normalized spacial score (nSPS) is 21.2. The molecule has 0 aromatic heterocycles. The molecule has 2 aromatic carbocycles. The van der Waals surface area contributed by atoms with E-state index in [1.54, 1.807) is 19.2 Å². The third kappa shape index (κ3) is 4.59. The van der Waals surface area contributed by atoms with Crippen molar-refractivity contribution in [1.82, 2.24) is 0 Å². The lowest BCUT2D eigenvalue weighted by atomic mass is 10.1. The van der Waals surface area contributed by atoms with E-state index in [0.717, 1.165) is 56.1 Å². The quantitative estimate of drug-likeness (QED) is 0.770. The lowest BCUT2D eigenvalue weighted by molar-refractivity contribution is -1.02. The van der Waals surface area contributed by atoms with E-state index in [2.05, 4.69) is 0 Å². The molecule has 0 amide bonds. The van der Waals surface area contributed by atoms with Crippen molar-refractivity contribution >= 4 is 0 Å². The number of alkyl halides is 3. The van der Waals surface area contributed by atoms with Gasteiger partial charge < -0.3 is 24.0 Å². The number of ether oxygens (including phenoxy) is 3. The molecule has 0 spiro atoms. The van der Waals surface area contributed by atoms with Crippen LogP contribution in [0.2, 0.25) is 0 Å². The Kier molecular flexibility index (Phi) is 5.56. The molecule has 0 bridgehead atoms. The number of hydrogen-bond acceptors (Lipinski definition) is 3. The SMILES string of the molecule is COc1cc(C[NH+]2CC[NH+](Cc3ccc(C(F)(F)F)cc3)CC2)cc2c1OCO2. The maximum atomic E-state index is 12.7. The lowest BCUT2D eigenvalue weighted by Crippen LogP contribution is -3.27. The van der Waals surface area contributed by atoms with Crippen LogP contribution in [0.15, 0.2) is 36.4 Å². The van der Waals surface area contributed by atoms with Gasteiger partial charge in [-0.05, 0) is 24.3 Å². The summed E-state index contributed by atoms with van der Waals surface area (Å²) in [5.41, 5.74) is 1.49. The first-order chi connectivity index (χ1) is 13.9. The van der Waals surface area contributed by atoms with Crippen LogP contribution in [-0.4, -0.2) is 40.1 Å². The number of quaternary nitrogens is 2. The predicted molar refractivity (Wildman–Crippen MR) is 99.4 cm³/mol. The summed E-state index contributed by atoms with van der Waals surface area (Å²) in [5, 5.41) is 0.